The number of nitrogens with zero attached hydrogens (tertiary/aromatic N) is 2. The van der Waals surface area contributed by atoms with Crippen molar-refractivity contribution in [2.24, 2.45) is 0 Å². The maximum Gasteiger partial charge on any atom is 0.294 e. The van der Waals surface area contributed by atoms with Crippen molar-refractivity contribution in [2.45, 2.75) is 6.61 Å². The standard InChI is InChI=1S/C17H13N3O5/c21-17(18-13-8-4-5-9-14(13)20(22)23)15-10-16(19-25-15)24-11-12-6-2-1-3-7-12/h1-10H,11H2,(H,18,21). The van der Waals surface area contributed by atoms with Crippen LogP contribution in [0.4, 0.5) is 11.4 Å². The highest BCUT2D eigenvalue weighted by molar-refractivity contribution is 6.03. The Balaban J connectivity index is 1.66. The fraction of sp³-hybridized carbons (Fsp3) is 0.0588. The van der Waals surface area contributed by atoms with Crippen LogP contribution in [0.1, 0.15) is 16.1 Å². The molecule has 8 heteroatoms. The van der Waals surface area contributed by atoms with Gasteiger partial charge in [-0.1, -0.05) is 42.5 Å². The Kier molecular flexibility index (Phi) is 4.70. The van der Waals surface area contributed by atoms with E-state index in [-0.39, 0.29) is 29.6 Å². The number of carbonyl (C=O) groups is 1. The lowest BCUT2D eigenvalue weighted by Crippen LogP contribution is -2.12. The highest BCUT2D eigenvalue weighted by Gasteiger charge is 2.19. The van der Waals surface area contributed by atoms with Crippen LogP contribution < -0.4 is 10.1 Å². The van der Waals surface area contributed by atoms with E-state index in [9.17, 15) is 14.9 Å². The van der Waals surface area contributed by atoms with Crippen LogP contribution in [0.15, 0.2) is 65.2 Å². The van der Waals surface area contributed by atoms with E-state index in [4.69, 9.17) is 9.26 Å². The minimum absolute atomic E-state index is 0.0700. The SMILES string of the molecule is O=C(Nc1ccccc1[N+](=O)[O-])c1cc(OCc2ccccc2)no1. The summed E-state index contributed by atoms with van der Waals surface area (Å²) in [7, 11) is 0. The number of para-hydroxylation sites is 2. The summed E-state index contributed by atoms with van der Waals surface area (Å²) in [6, 6.07) is 16.6. The van der Waals surface area contributed by atoms with Gasteiger partial charge in [0.2, 0.25) is 5.76 Å². The molecule has 0 atom stereocenters. The van der Waals surface area contributed by atoms with Crippen molar-refractivity contribution in [2.75, 3.05) is 5.32 Å². The first-order valence-electron chi connectivity index (χ1n) is 7.31. The summed E-state index contributed by atoms with van der Waals surface area (Å²) in [6.07, 6.45) is 0. The number of hydrogen-bond acceptors (Lipinski definition) is 6. The van der Waals surface area contributed by atoms with Gasteiger partial charge in [-0.25, -0.2) is 0 Å². The van der Waals surface area contributed by atoms with Crippen LogP contribution in [0, 0.1) is 10.1 Å². The van der Waals surface area contributed by atoms with Crippen molar-refractivity contribution in [1.82, 2.24) is 5.16 Å². The Morgan fingerprint density at radius 3 is 2.64 bits per heavy atom. The maximum atomic E-state index is 12.2. The minimum atomic E-state index is -0.656. The minimum Gasteiger partial charge on any atom is -0.471 e. The lowest BCUT2D eigenvalue weighted by molar-refractivity contribution is -0.383. The molecule has 0 aliphatic carbocycles. The molecule has 1 N–H and O–H groups in total. The molecule has 1 aromatic heterocycles. The van der Waals surface area contributed by atoms with Crippen molar-refractivity contribution >= 4 is 17.3 Å². The fourth-order valence-electron chi connectivity index (χ4n) is 2.09. The molecular formula is C17H13N3O5. The van der Waals surface area contributed by atoms with Gasteiger partial charge < -0.3 is 14.6 Å². The summed E-state index contributed by atoms with van der Waals surface area (Å²) >= 11 is 0. The van der Waals surface area contributed by atoms with Crippen LogP contribution in [0.3, 0.4) is 0 Å². The average Bonchev–Trinajstić information content (AvgIpc) is 3.10. The van der Waals surface area contributed by atoms with Gasteiger partial charge in [0, 0.05) is 6.07 Å². The normalized spacial score (nSPS) is 10.2. The molecule has 0 saturated carbocycles. The van der Waals surface area contributed by atoms with E-state index in [1.807, 2.05) is 30.3 Å². The zero-order valence-corrected chi connectivity index (χ0v) is 12.9. The lowest BCUT2D eigenvalue weighted by atomic mass is 10.2. The molecule has 0 spiro atoms. The number of amides is 1. The van der Waals surface area contributed by atoms with Gasteiger partial charge in [-0.15, -0.1) is 0 Å². The van der Waals surface area contributed by atoms with Crippen LogP contribution in [-0.4, -0.2) is 16.0 Å². The zero-order chi connectivity index (χ0) is 17.6. The van der Waals surface area contributed by atoms with Gasteiger partial charge in [0.05, 0.1) is 11.0 Å². The molecule has 1 amide bonds. The molecule has 3 rings (SSSR count). The monoisotopic (exact) mass is 339 g/mol. The van der Waals surface area contributed by atoms with Gasteiger partial charge >= 0.3 is 0 Å². The van der Waals surface area contributed by atoms with E-state index >= 15 is 0 Å². The Bertz CT molecular complexity index is 892. The molecule has 0 aliphatic heterocycles. The largest absolute Gasteiger partial charge is 0.471 e. The summed E-state index contributed by atoms with van der Waals surface area (Å²) in [5, 5.41) is 17.0. The van der Waals surface area contributed by atoms with Crippen molar-refractivity contribution in [3.63, 3.8) is 0 Å². The highest BCUT2D eigenvalue weighted by Crippen LogP contribution is 2.24. The third-order valence-corrected chi connectivity index (χ3v) is 3.29. The predicted molar refractivity (Wildman–Crippen MR) is 88.3 cm³/mol. The third kappa shape index (κ3) is 3.99. The average molecular weight is 339 g/mol. The predicted octanol–water partition coefficient (Wildman–Crippen LogP) is 3.41. The van der Waals surface area contributed by atoms with Gasteiger partial charge in [0.15, 0.2) is 0 Å². The molecule has 2 aromatic carbocycles. The Hall–Kier alpha value is -3.68. The highest BCUT2D eigenvalue weighted by atomic mass is 16.6. The molecule has 0 unspecified atom stereocenters. The third-order valence-electron chi connectivity index (χ3n) is 3.29. The van der Waals surface area contributed by atoms with E-state index in [0.717, 1.165) is 5.56 Å². The van der Waals surface area contributed by atoms with Gasteiger partial charge in [0.25, 0.3) is 17.5 Å². The summed E-state index contributed by atoms with van der Waals surface area (Å²) < 4.78 is 10.4. The Labute approximate surface area is 142 Å². The number of nitrogens with one attached hydrogen (secondary N) is 1. The smallest absolute Gasteiger partial charge is 0.294 e. The molecule has 25 heavy (non-hydrogen) atoms. The van der Waals surface area contributed by atoms with Crippen molar-refractivity contribution < 1.29 is 19.0 Å². The second-order valence-electron chi connectivity index (χ2n) is 5.03. The van der Waals surface area contributed by atoms with Crippen LogP contribution in [-0.2, 0) is 6.61 Å². The number of rotatable bonds is 6. The summed E-state index contributed by atoms with van der Waals surface area (Å²) in [5.74, 6) is -0.617. The number of ether oxygens (including phenoxy) is 1. The van der Waals surface area contributed by atoms with Crippen molar-refractivity contribution in [1.29, 1.82) is 0 Å². The molecule has 3 aromatic rings. The molecule has 1 heterocycles. The van der Waals surface area contributed by atoms with Crippen molar-refractivity contribution in [3.05, 3.63) is 82.1 Å². The number of hydrogen-bond donors (Lipinski definition) is 1. The first-order chi connectivity index (χ1) is 12.1. The Morgan fingerprint density at radius 2 is 1.88 bits per heavy atom. The summed E-state index contributed by atoms with van der Waals surface area (Å²) in [5.41, 5.74) is 0.799. The van der Waals surface area contributed by atoms with Crippen LogP contribution in [0.2, 0.25) is 0 Å². The number of nitro benzene ring substituents is 1. The number of carbonyl (C=O) groups excluding carboxylic acids is 1. The first kappa shape index (κ1) is 16.2. The Morgan fingerprint density at radius 1 is 1.16 bits per heavy atom. The summed E-state index contributed by atoms with van der Waals surface area (Å²) in [4.78, 5) is 22.5. The molecule has 0 saturated heterocycles. The quantitative estimate of drug-likeness (QED) is 0.544. The molecule has 0 fully saturated rings. The van der Waals surface area contributed by atoms with E-state index in [1.165, 1.54) is 24.3 Å². The number of nitro groups is 1. The van der Waals surface area contributed by atoms with Crippen molar-refractivity contribution in [3.8, 4) is 5.88 Å². The van der Waals surface area contributed by atoms with Crippen LogP contribution in [0.5, 0.6) is 5.88 Å². The van der Waals surface area contributed by atoms with E-state index in [0.29, 0.717) is 0 Å². The first-order valence-corrected chi connectivity index (χ1v) is 7.31. The molecule has 0 radical (unpaired) electrons. The fourth-order valence-corrected chi connectivity index (χ4v) is 2.09. The second kappa shape index (κ2) is 7.26. The number of aromatic nitrogens is 1. The number of benzene rings is 2. The van der Waals surface area contributed by atoms with Gasteiger partial charge in [0.1, 0.15) is 12.3 Å². The molecule has 126 valence electrons. The molecule has 0 bridgehead atoms. The molecular weight excluding hydrogens is 326 g/mol. The van der Waals surface area contributed by atoms with Gasteiger partial charge in [-0.3, -0.25) is 14.9 Å². The van der Waals surface area contributed by atoms with Crippen LogP contribution in [0.25, 0.3) is 0 Å². The molecule has 0 aliphatic rings. The van der Waals surface area contributed by atoms with Gasteiger partial charge in [-0.05, 0) is 16.8 Å². The van der Waals surface area contributed by atoms with E-state index in [2.05, 4.69) is 10.5 Å². The topological polar surface area (TPSA) is 108 Å². The number of anilines is 1. The van der Waals surface area contributed by atoms with Gasteiger partial charge in [-0.2, -0.15) is 0 Å². The summed E-state index contributed by atoms with van der Waals surface area (Å²) in [6.45, 7) is 0.276. The van der Waals surface area contributed by atoms with E-state index in [1.54, 1.807) is 6.07 Å². The van der Waals surface area contributed by atoms with Crippen LogP contribution >= 0.6 is 0 Å². The second-order valence-corrected chi connectivity index (χ2v) is 5.03. The maximum absolute atomic E-state index is 12.2. The lowest BCUT2D eigenvalue weighted by Gasteiger charge is -2.03. The van der Waals surface area contributed by atoms with E-state index < -0.39 is 10.8 Å². The zero-order valence-electron chi connectivity index (χ0n) is 12.9. The molecule has 8 nitrogen and oxygen atoms in total.